The van der Waals surface area contributed by atoms with E-state index in [2.05, 4.69) is 15.6 Å². The third-order valence-corrected chi connectivity index (χ3v) is 3.61. The lowest BCUT2D eigenvalue weighted by Crippen LogP contribution is -2.27. The molecule has 1 amide bonds. The van der Waals surface area contributed by atoms with Crippen LogP contribution in [0.25, 0.3) is 0 Å². The van der Waals surface area contributed by atoms with Crippen LogP contribution in [0.15, 0.2) is 42.6 Å². The second-order valence-corrected chi connectivity index (χ2v) is 5.62. The van der Waals surface area contributed by atoms with Crippen molar-refractivity contribution in [3.8, 4) is 0 Å². The fourth-order valence-electron chi connectivity index (χ4n) is 2.27. The van der Waals surface area contributed by atoms with E-state index in [1.165, 1.54) is 24.3 Å². The molecule has 0 atom stereocenters. The Kier molecular flexibility index (Phi) is 6.69. The van der Waals surface area contributed by atoms with E-state index in [1.807, 2.05) is 0 Å². The van der Waals surface area contributed by atoms with Crippen molar-refractivity contribution in [2.24, 2.45) is 0 Å². The van der Waals surface area contributed by atoms with Crippen LogP contribution in [0, 0.1) is 10.1 Å². The first kappa shape index (κ1) is 20.1. The van der Waals surface area contributed by atoms with Crippen molar-refractivity contribution >= 4 is 17.4 Å². The van der Waals surface area contributed by atoms with E-state index in [-0.39, 0.29) is 18.0 Å². The number of amides is 1. The van der Waals surface area contributed by atoms with E-state index in [9.17, 15) is 28.1 Å². The molecule has 0 spiro atoms. The normalized spacial score (nSPS) is 11.1. The van der Waals surface area contributed by atoms with Gasteiger partial charge in [-0.05, 0) is 18.6 Å². The Balaban J connectivity index is 1.71. The van der Waals surface area contributed by atoms with Crippen molar-refractivity contribution in [2.75, 3.05) is 18.4 Å². The zero-order valence-electron chi connectivity index (χ0n) is 14.1. The highest BCUT2D eigenvalue weighted by atomic mass is 19.4. The number of nitrogens with zero attached hydrogens (tertiary/aromatic N) is 2. The van der Waals surface area contributed by atoms with Crippen molar-refractivity contribution in [2.45, 2.75) is 19.0 Å². The largest absolute Gasteiger partial charge is 0.417 e. The van der Waals surface area contributed by atoms with Gasteiger partial charge >= 0.3 is 6.18 Å². The molecule has 0 radical (unpaired) electrons. The molecule has 27 heavy (non-hydrogen) atoms. The number of para-hydroxylation sites is 1. The van der Waals surface area contributed by atoms with Crippen molar-refractivity contribution in [3.05, 3.63) is 63.8 Å². The van der Waals surface area contributed by atoms with Crippen molar-refractivity contribution in [3.63, 3.8) is 0 Å². The van der Waals surface area contributed by atoms with Crippen LogP contribution in [0.4, 0.5) is 24.7 Å². The predicted octanol–water partition coefficient (Wildman–Crippen LogP) is 3.17. The number of anilines is 1. The monoisotopic (exact) mass is 382 g/mol. The average molecular weight is 382 g/mol. The quantitative estimate of drug-likeness (QED) is 0.415. The summed E-state index contributed by atoms with van der Waals surface area (Å²) >= 11 is 0. The molecule has 0 bridgehead atoms. The molecule has 1 heterocycles. The maximum absolute atomic E-state index is 12.4. The first-order valence-corrected chi connectivity index (χ1v) is 8.03. The molecule has 2 aromatic rings. The van der Waals surface area contributed by atoms with Crippen LogP contribution in [-0.2, 0) is 17.4 Å². The summed E-state index contributed by atoms with van der Waals surface area (Å²) in [5, 5.41) is 16.4. The number of rotatable bonds is 8. The average Bonchev–Trinajstić information content (AvgIpc) is 2.61. The summed E-state index contributed by atoms with van der Waals surface area (Å²) in [4.78, 5) is 25.9. The molecule has 0 unspecified atom stereocenters. The molecule has 144 valence electrons. The molecule has 1 aromatic carbocycles. The molecule has 10 heteroatoms. The van der Waals surface area contributed by atoms with Gasteiger partial charge in [0.05, 0.1) is 16.9 Å². The van der Waals surface area contributed by atoms with Gasteiger partial charge in [-0.25, -0.2) is 4.98 Å². The molecule has 0 aliphatic rings. The van der Waals surface area contributed by atoms with Crippen LogP contribution in [-0.4, -0.2) is 28.9 Å². The highest BCUT2D eigenvalue weighted by molar-refractivity contribution is 5.79. The van der Waals surface area contributed by atoms with Gasteiger partial charge < -0.3 is 10.6 Å². The number of carbonyl (C=O) groups is 1. The molecular weight excluding hydrogens is 365 g/mol. The summed E-state index contributed by atoms with van der Waals surface area (Å²) in [6.07, 6.45) is -3.28. The number of hydrogen-bond donors (Lipinski definition) is 2. The van der Waals surface area contributed by atoms with Gasteiger partial charge in [-0.2, -0.15) is 13.2 Å². The number of pyridine rings is 1. The second kappa shape index (κ2) is 8.97. The molecular formula is C17H17F3N4O3. The number of nitro groups is 1. The lowest BCUT2D eigenvalue weighted by molar-refractivity contribution is -0.385. The number of aromatic nitrogens is 1. The number of alkyl halides is 3. The highest BCUT2D eigenvalue weighted by Crippen LogP contribution is 2.28. The summed E-state index contributed by atoms with van der Waals surface area (Å²) in [5.41, 5.74) is -0.606. The summed E-state index contributed by atoms with van der Waals surface area (Å²) in [6, 6.07) is 8.18. The van der Waals surface area contributed by atoms with Crippen LogP contribution in [0.1, 0.15) is 17.5 Å². The summed E-state index contributed by atoms with van der Waals surface area (Å²) < 4.78 is 37.3. The minimum Gasteiger partial charge on any atom is -0.370 e. The summed E-state index contributed by atoms with van der Waals surface area (Å²) in [5.74, 6) is -0.0498. The third kappa shape index (κ3) is 6.24. The first-order chi connectivity index (χ1) is 12.8. The van der Waals surface area contributed by atoms with Crippen LogP contribution in [0.2, 0.25) is 0 Å². The van der Waals surface area contributed by atoms with E-state index in [1.54, 1.807) is 6.07 Å². The fourth-order valence-corrected chi connectivity index (χ4v) is 2.27. The number of halogens is 3. The number of nitrogens with one attached hydrogen (secondary N) is 2. The Bertz CT molecular complexity index is 795. The molecule has 2 N–H and O–H groups in total. The molecule has 0 aliphatic heterocycles. The topological polar surface area (TPSA) is 97.2 Å². The van der Waals surface area contributed by atoms with Gasteiger partial charge in [-0.1, -0.05) is 18.2 Å². The molecule has 7 nitrogen and oxygen atoms in total. The molecule has 0 aliphatic carbocycles. The summed E-state index contributed by atoms with van der Waals surface area (Å²) in [7, 11) is 0. The van der Waals surface area contributed by atoms with Crippen LogP contribution < -0.4 is 10.6 Å². The highest BCUT2D eigenvalue weighted by Gasteiger charge is 2.30. The lowest BCUT2D eigenvalue weighted by Gasteiger charge is -2.09. The zero-order valence-corrected chi connectivity index (χ0v) is 14.1. The molecule has 0 fully saturated rings. The van der Waals surface area contributed by atoms with E-state index >= 15 is 0 Å². The van der Waals surface area contributed by atoms with Crippen molar-refractivity contribution in [1.29, 1.82) is 0 Å². The van der Waals surface area contributed by atoms with Crippen molar-refractivity contribution < 1.29 is 22.9 Å². The van der Waals surface area contributed by atoms with Gasteiger partial charge in [0.25, 0.3) is 5.69 Å². The van der Waals surface area contributed by atoms with Crippen LogP contribution >= 0.6 is 0 Å². The Morgan fingerprint density at radius 1 is 1.15 bits per heavy atom. The second-order valence-electron chi connectivity index (χ2n) is 5.62. The van der Waals surface area contributed by atoms with E-state index in [4.69, 9.17) is 0 Å². The predicted molar refractivity (Wildman–Crippen MR) is 92.2 cm³/mol. The SMILES string of the molecule is O=C(Cc1ccccc1[N+](=O)[O-])NCCCNc1ccc(C(F)(F)F)cn1. The number of benzene rings is 1. The van der Waals surface area contributed by atoms with Gasteiger partial charge in [-0.15, -0.1) is 0 Å². The van der Waals surface area contributed by atoms with Gasteiger partial charge in [0.15, 0.2) is 0 Å². The van der Waals surface area contributed by atoms with Crippen LogP contribution in [0.3, 0.4) is 0 Å². The standard InChI is InChI=1S/C17H17F3N4O3/c18-17(19,20)13-6-7-15(23-11-13)21-8-3-9-22-16(25)10-12-4-1-2-5-14(12)24(26)27/h1-2,4-7,11H,3,8-10H2,(H,21,23)(H,22,25). The van der Waals surface area contributed by atoms with E-state index < -0.39 is 16.7 Å². The first-order valence-electron chi connectivity index (χ1n) is 8.03. The van der Waals surface area contributed by atoms with Crippen molar-refractivity contribution in [1.82, 2.24) is 10.3 Å². The lowest BCUT2D eigenvalue weighted by atomic mass is 10.1. The van der Waals surface area contributed by atoms with E-state index in [0.29, 0.717) is 30.9 Å². The number of hydrogen-bond acceptors (Lipinski definition) is 5. The maximum atomic E-state index is 12.4. The Hall–Kier alpha value is -3.17. The van der Waals surface area contributed by atoms with Gasteiger partial charge in [-0.3, -0.25) is 14.9 Å². The molecule has 2 rings (SSSR count). The van der Waals surface area contributed by atoms with E-state index in [0.717, 1.165) is 12.3 Å². The number of carbonyl (C=O) groups excluding carboxylic acids is 1. The minimum absolute atomic E-state index is 0.106. The smallest absolute Gasteiger partial charge is 0.370 e. The maximum Gasteiger partial charge on any atom is 0.417 e. The Morgan fingerprint density at radius 3 is 2.52 bits per heavy atom. The van der Waals surface area contributed by atoms with Gasteiger partial charge in [0, 0.05) is 30.9 Å². The Labute approximate surface area is 152 Å². The number of nitro benzene ring substituents is 1. The summed E-state index contributed by atoms with van der Waals surface area (Å²) in [6.45, 7) is 0.706. The fraction of sp³-hybridized carbons (Fsp3) is 0.294. The Morgan fingerprint density at radius 2 is 1.89 bits per heavy atom. The van der Waals surface area contributed by atoms with Gasteiger partial charge in [0.2, 0.25) is 5.91 Å². The minimum atomic E-state index is -4.43. The molecule has 1 aromatic heterocycles. The zero-order chi connectivity index (χ0) is 19.9. The van der Waals surface area contributed by atoms with Gasteiger partial charge in [0.1, 0.15) is 5.82 Å². The third-order valence-electron chi connectivity index (χ3n) is 3.61. The van der Waals surface area contributed by atoms with Crippen LogP contribution in [0.5, 0.6) is 0 Å². The molecule has 0 saturated heterocycles. The molecule has 0 saturated carbocycles.